The van der Waals surface area contributed by atoms with Gasteiger partial charge in [-0.05, 0) is 73.6 Å². The van der Waals surface area contributed by atoms with Gasteiger partial charge in [-0.15, -0.1) is 0 Å². The normalized spacial score (nSPS) is 17.5. The molecular weight excluding hydrogens is 412 g/mol. The maximum atomic E-state index is 13.5. The number of nitrogens with one attached hydrogen (secondary N) is 1. The summed E-state index contributed by atoms with van der Waals surface area (Å²) in [4.78, 5) is 13.0. The van der Waals surface area contributed by atoms with Crippen molar-refractivity contribution in [2.24, 2.45) is 5.92 Å². The summed E-state index contributed by atoms with van der Waals surface area (Å²) in [6, 6.07) is 11.1. The molecule has 1 N–H and O–H groups in total. The first-order valence-electron chi connectivity index (χ1n) is 10.7. The molecule has 1 saturated heterocycles. The van der Waals surface area contributed by atoms with E-state index in [0.29, 0.717) is 25.1 Å². The zero-order valence-electron chi connectivity index (χ0n) is 18.9. The van der Waals surface area contributed by atoms with Crippen molar-refractivity contribution in [3.05, 3.63) is 53.1 Å². The number of piperidine rings is 1. The molecule has 1 heterocycles. The van der Waals surface area contributed by atoms with Crippen LogP contribution in [0.4, 0.5) is 5.69 Å². The van der Waals surface area contributed by atoms with E-state index < -0.39 is 15.9 Å². The Kier molecular flexibility index (Phi) is 7.06. The average molecular weight is 445 g/mol. The van der Waals surface area contributed by atoms with Crippen LogP contribution in [0.3, 0.4) is 0 Å². The standard InChI is InChI=1S/C24H32N2O4S/c1-16(2)19-9-11-22(30-5)23(14-19)31(28,29)26-12-6-7-20(15-26)24(27)25-21-10-8-17(3)18(4)13-21/h8-11,13-14,16,20H,6-7,12,15H2,1-5H3,(H,25,27)/t20-/m1/s1. The van der Waals surface area contributed by atoms with Gasteiger partial charge in [0.2, 0.25) is 15.9 Å². The molecule has 1 atom stereocenters. The van der Waals surface area contributed by atoms with Crippen molar-refractivity contribution >= 4 is 21.6 Å². The van der Waals surface area contributed by atoms with Crippen LogP contribution in [-0.2, 0) is 14.8 Å². The number of sulfonamides is 1. The first-order valence-corrected chi connectivity index (χ1v) is 12.1. The van der Waals surface area contributed by atoms with Gasteiger partial charge in [-0.2, -0.15) is 4.31 Å². The van der Waals surface area contributed by atoms with Crippen molar-refractivity contribution in [1.82, 2.24) is 4.31 Å². The molecule has 168 valence electrons. The number of methoxy groups -OCH3 is 1. The number of hydrogen-bond donors (Lipinski definition) is 1. The van der Waals surface area contributed by atoms with Crippen molar-refractivity contribution in [2.45, 2.75) is 51.3 Å². The molecule has 1 amide bonds. The lowest BCUT2D eigenvalue weighted by atomic mass is 9.98. The highest BCUT2D eigenvalue weighted by Gasteiger charge is 2.35. The minimum absolute atomic E-state index is 0.147. The molecule has 3 rings (SSSR count). The third-order valence-corrected chi connectivity index (χ3v) is 7.89. The van der Waals surface area contributed by atoms with Crippen LogP contribution >= 0.6 is 0 Å². The van der Waals surface area contributed by atoms with E-state index in [9.17, 15) is 13.2 Å². The van der Waals surface area contributed by atoms with Crippen LogP contribution in [0.15, 0.2) is 41.3 Å². The predicted molar refractivity (Wildman–Crippen MR) is 123 cm³/mol. The zero-order valence-corrected chi connectivity index (χ0v) is 19.8. The Morgan fingerprint density at radius 3 is 2.52 bits per heavy atom. The van der Waals surface area contributed by atoms with Gasteiger partial charge in [-0.3, -0.25) is 4.79 Å². The molecule has 0 spiro atoms. The third kappa shape index (κ3) is 5.10. The fraction of sp³-hybridized carbons (Fsp3) is 0.458. The van der Waals surface area contributed by atoms with E-state index in [1.54, 1.807) is 12.1 Å². The molecule has 0 aliphatic carbocycles. The Balaban J connectivity index is 1.81. The minimum Gasteiger partial charge on any atom is -0.495 e. The van der Waals surface area contributed by atoms with Gasteiger partial charge >= 0.3 is 0 Å². The Morgan fingerprint density at radius 1 is 1.13 bits per heavy atom. The Morgan fingerprint density at radius 2 is 1.87 bits per heavy atom. The molecule has 0 saturated carbocycles. The topological polar surface area (TPSA) is 75.7 Å². The summed E-state index contributed by atoms with van der Waals surface area (Å²) in [6.07, 6.45) is 1.29. The van der Waals surface area contributed by atoms with E-state index >= 15 is 0 Å². The molecule has 31 heavy (non-hydrogen) atoms. The summed E-state index contributed by atoms with van der Waals surface area (Å²) in [5.74, 6) is -0.0285. The van der Waals surface area contributed by atoms with E-state index in [1.807, 2.05) is 52.0 Å². The fourth-order valence-corrected chi connectivity index (χ4v) is 5.55. The van der Waals surface area contributed by atoms with Crippen LogP contribution in [-0.4, -0.2) is 38.8 Å². The van der Waals surface area contributed by atoms with Gasteiger partial charge in [0.15, 0.2) is 0 Å². The van der Waals surface area contributed by atoms with E-state index in [4.69, 9.17) is 4.74 Å². The first-order chi connectivity index (χ1) is 14.6. The van der Waals surface area contributed by atoms with E-state index in [0.717, 1.165) is 22.4 Å². The van der Waals surface area contributed by atoms with Crippen molar-refractivity contribution in [2.75, 3.05) is 25.5 Å². The summed E-state index contributed by atoms with van der Waals surface area (Å²) >= 11 is 0. The molecule has 2 aromatic rings. The summed E-state index contributed by atoms with van der Waals surface area (Å²) in [5.41, 5.74) is 3.92. The van der Waals surface area contributed by atoms with Gasteiger partial charge in [0.25, 0.3) is 0 Å². The van der Waals surface area contributed by atoms with Crippen molar-refractivity contribution in [3.63, 3.8) is 0 Å². The quantitative estimate of drug-likeness (QED) is 0.713. The SMILES string of the molecule is COc1ccc(C(C)C)cc1S(=O)(=O)N1CCC[C@@H](C(=O)Nc2ccc(C)c(C)c2)C1. The van der Waals surface area contributed by atoms with Gasteiger partial charge < -0.3 is 10.1 Å². The molecule has 0 bridgehead atoms. The number of anilines is 1. The number of rotatable bonds is 6. The van der Waals surface area contributed by atoms with Crippen molar-refractivity contribution in [3.8, 4) is 5.75 Å². The summed E-state index contributed by atoms with van der Waals surface area (Å²) in [6.45, 7) is 8.61. The Bertz CT molecular complexity index is 1060. The lowest BCUT2D eigenvalue weighted by Crippen LogP contribution is -2.43. The summed E-state index contributed by atoms with van der Waals surface area (Å²) < 4.78 is 33.7. The highest BCUT2D eigenvalue weighted by molar-refractivity contribution is 7.89. The second-order valence-corrected chi connectivity index (χ2v) is 10.5. The predicted octanol–water partition coefficient (Wildman–Crippen LogP) is 4.47. The number of hydrogen-bond acceptors (Lipinski definition) is 4. The summed E-state index contributed by atoms with van der Waals surface area (Å²) in [7, 11) is -2.31. The monoisotopic (exact) mass is 444 g/mol. The average Bonchev–Trinajstić information content (AvgIpc) is 2.75. The number of nitrogens with zero attached hydrogens (tertiary/aromatic N) is 1. The zero-order chi connectivity index (χ0) is 22.8. The van der Waals surface area contributed by atoms with Crippen LogP contribution in [0.2, 0.25) is 0 Å². The van der Waals surface area contributed by atoms with Crippen LogP contribution in [0.25, 0.3) is 0 Å². The van der Waals surface area contributed by atoms with Gasteiger partial charge in [0, 0.05) is 18.8 Å². The van der Waals surface area contributed by atoms with Crippen molar-refractivity contribution in [1.29, 1.82) is 0 Å². The van der Waals surface area contributed by atoms with Gasteiger partial charge in [-0.1, -0.05) is 26.0 Å². The molecule has 1 aliphatic heterocycles. The van der Waals surface area contributed by atoms with Crippen LogP contribution in [0.1, 0.15) is 49.3 Å². The van der Waals surface area contributed by atoms with E-state index in [-0.39, 0.29) is 23.3 Å². The lowest BCUT2D eigenvalue weighted by molar-refractivity contribution is -0.120. The third-order valence-electron chi connectivity index (χ3n) is 6.00. The second-order valence-electron chi connectivity index (χ2n) is 8.56. The fourth-order valence-electron chi connectivity index (χ4n) is 3.83. The van der Waals surface area contributed by atoms with E-state index in [2.05, 4.69) is 5.32 Å². The molecular formula is C24H32N2O4S. The number of carbonyl (C=O) groups is 1. The second kappa shape index (κ2) is 9.40. The molecule has 0 aromatic heterocycles. The number of ether oxygens (including phenoxy) is 1. The number of aryl methyl sites for hydroxylation is 2. The largest absolute Gasteiger partial charge is 0.495 e. The highest BCUT2D eigenvalue weighted by Crippen LogP contribution is 2.32. The lowest BCUT2D eigenvalue weighted by Gasteiger charge is -2.31. The van der Waals surface area contributed by atoms with Crippen LogP contribution < -0.4 is 10.1 Å². The number of amides is 1. The molecule has 1 fully saturated rings. The molecule has 2 aromatic carbocycles. The molecule has 7 heteroatoms. The first kappa shape index (κ1) is 23.3. The van der Waals surface area contributed by atoms with Crippen LogP contribution in [0.5, 0.6) is 5.75 Å². The molecule has 0 radical (unpaired) electrons. The Hall–Kier alpha value is -2.38. The van der Waals surface area contributed by atoms with Crippen molar-refractivity contribution < 1.29 is 17.9 Å². The number of benzene rings is 2. The van der Waals surface area contributed by atoms with Gasteiger partial charge in [-0.25, -0.2) is 8.42 Å². The highest BCUT2D eigenvalue weighted by atomic mass is 32.2. The number of carbonyl (C=O) groups excluding carboxylic acids is 1. The van der Waals surface area contributed by atoms with Gasteiger partial charge in [0.05, 0.1) is 13.0 Å². The van der Waals surface area contributed by atoms with Gasteiger partial charge in [0.1, 0.15) is 10.6 Å². The molecule has 0 unspecified atom stereocenters. The maximum Gasteiger partial charge on any atom is 0.246 e. The minimum atomic E-state index is -3.78. The molecule has 1 aliphatic rings. The smallest absolute Gasteiger partial charge is 0.246 e. The summed E-state index contributed by atoms with van der Waals surface area (Å²) in [5, 5.41) is 2.95. The van der Waals surface area contributed by atoms with E-state index in [1.165, 1.54) is 11.4 Å². The van der Waals surface area contributed by atoms with Crippen LogP contribution in [0, 0.1) is 19.8 Å². The Labute approximate surface area is 185 Å². The molecule has 6 nitrogen and oxygen atoms in total. The maximum absolute atomic E-state index is 13.5.